The standard InChI is InChI=1S/C15H15ClFN3/c1-10-2-5-12(6-3-10)20-15(18)19-9-11-4-7-14(17)13(16)8-11/h2-8H,9H2,1H3,(H3,18,19,20). The molecule has 2 aromatic rings. The Morgan fingerprint density at radius 3 is 2.60 bits per heavy atom. The van der Waals surface area contributed by atoms with Crippen LogP contribution >= 0.6 is 11.6 Å². The SMILES string of the molecule is Cc1ccc(NC(N)=NCc2ccc(F)c(Cl)c2)cc1. The minimum absolute atomic E-state index is 0.0859. The van der Waals surface area contributed by atoms with Gasteiger partial charge in [-0.05, 0) is 36.8 Å². The van der Waals surface area contributed by atoms with Gasteiger partial charge in [0.15, 0.2) is 5.96 Å². The minimum atomic E-state index is -0.440. The van der Waals surface area contributed by atoms with Crippen molar-refractivity contribution >= 4 is 23.2 Å². The van der Waals surface area contributed by atoms with Crippen molar-refractivity contribution in [2.75, 3.05) is 5.32 Å². The molecule has 0 heterocycles. The Labute approximate surface area is 122 Å². The summed E-state index contributed by atoms with van der Waals surface area (Å²) in [5.74, 6) is -0.139. The Morgan fingerprint density at radius 1 is 1.25 bits per heavy atom. The van der Waals surface area contributed by atoms with Crippen LogP contribution < -0.4 is 11.1 Å². The quantitative estimate of drug-likeness (QED) is 0.669. The molecule has 0 aliphatic rings. The van der Waals surface area contributed by atoms with E-state index in [-0.39, 0.29) is 5.02 Å². The summed E-state index contributed by atoms with van der Waals surface area (Å²) in [5.41, 5.74) is 8.63. The number of hydrogen-bond donors (Lipinski definition) is 2. The van der Waals surface area contributed by atoms with Gasteiger partial charge in [0.2, 0.25) is 0 Å². The summed E-state index contributed by atoms with van der Waals surface area (Å²) >= 11 is 5.70. The molecule has 0 spiro atoms. The van der Waals surface area contributed by atoms with Crippen molar-refractivity contribution in [2.45, 2.75) is 13.5 Å². The number of guanidine groups is 1. The van der Waals surface area contributed by atoms with E-state index < -0.39 is 5.82 Å². The first-order valence-corrected chi connectivity index (χ1v) is 6.50. The molecule has 5 heteroatoms. The summed E-state index contributed by atoms with van der Waals surface area (Å²) in [5, 5.41) is 3.07. The third-order valence-corrected chi connectivity index (χ3v) is 3.03. The molecule has 0 fully saturated rings. The van der Waals surface area contributed by atoms with E-state index in [1.165, 1.54) is 11.6 Å². The Balaban J connectivity index is 1.99. The molecule has 3 nitrogen and oxygen atoms in total. The lowest BCUT2D eigenvalue weighted by atomic mass is 10.2. The Kier molecular flexibility index (Phi) is 4.58. The number of benzene rings is 2. The van der Waals surface area contributed by atoms with Gasteiger partial charge in [0.05, 0.1) is 11.6 Å². The van der Waals surface area contributed by atoms with Gasteiger partial charge in [0, 0.05) is 5.69 Å². The van der Waals surface area contributed by atoms with Gasteiger partial charge < -0.3 is 11.1 Å². The normalized spacial score (nSPS) is 11.4. The number of aryl methyl sites for hydroxylation is 1. The van der Waals surface area contributed by atoms with E-state index in [9.17, 15) is 4.39 Å². The van der Waals surface area contributed by atoms with Gasteiger partial charge in [-0.15, -0.1) is 0 Å². The maximum Gasteiger partial charge on any atom is 0.193 e. The largest absolute Gasteiger partial charge is 0.370 e. The van der Waals surface area contributed by atoms with Gasteiger partial charge in [-0.1, -0.05) is 35.4 Å². The molecule has 0 unspecified atom stereocenters. The Bertz CT molecular complexity index is 624. The maximum atomic E-state index is 13.0. The smallest absolute Gasteiger partial charge is 0.193 e. The number of hydrogen-bond acceptors (Lipinski definition) is 1. The molecule has 2 rings (SSSR count). The zero-order chi connectivity index (χ0) is 14.5. The van der Waals surface area contributed by atoms with Crippen molar-refractivity contribution in [3.8, 4) is 0 Å². The zero-order valence-electron chi connectivity index (χ0n) is 11.0. The van der Waals surface area contributed by atoms with Crippen LogP contribution in [0.15, 0.2) is 47.5 Å². The minimum Gasteiger partial charge on any atom is -0.370 e. The number of nitrogens with one attached hydrogen (secondary N) is 1. The molecule has 0 radical (unpaired) electrons. The molecule has 0 aliphatic carbocycles. The number of halogens is 2. The highest BCUT2D eigenvalue weighted by Crippen LogP contribution is 2.16. The molecule has 0 amide bonds. The Morgan fingerprint density at radius 2 is 1.95 bits per heavy atom. The van der Waals surface area contributed by atoms with Crippen LogP contribution in [0.2, 0.25) is 5.02 Å². The molecule has 0 bridgehead atoms. The number of anilines is 1. The summed E-state index contributed by atoms with van der Waals surface area (Å²) in [7, 11) is 0. The third-order valence-electron chi connectivity index (χ3n) is 2.74. The summed E-state index contributed by atoms with van der Waals surface area (Å²) in [4.78, 5) is 4.19. The first kappa shape index (κ1) is 14.3. The zero-order valence-corrected chi connectivity index (χ0v) is 11.8. The van der Waals surface area contributed by atoms with Crippen LogP contribution in [0.25, 0.3) is 0 Å². The van der Waals surface area contributed by atoms with E-state index in [0.717, 1.165) is 11.3 Å². The van der Waals surface area contributed by atoms with Crippen LogP contribution in [0.3, 0.4) is 0 Å². The fourth-order valence-corrected chi connectivity index (χ4v) is 1.84. The van der Waals surface area contributed by atoms with Gasteiger partial charge in [-0.2, -0.15) is 0 Å². The maximum absolute atomic E-state index is 13.0. The van der Waals surface area contributed by atoms with Gasteiger partial charge >= 0.3 is 0 Å². The van der Waals surface area contributed by atoms with Crippen LogP contribution in [0.1, 0.15) is 11.1 Å². The van der Waals surface area contributed by atoms with Gasteiger partial charge in [-0.25, -0.2) is 9.38 Å². The molecule has 20 heavy (non-hydrogen) atoms. The van der Waals surface area contributed by atoms with Crippen LogP contribution in [-0.2, 0) is 6.54 Å². The fraction of sp³-hybridized carbons (Fsp3) is 0.133. The van der Waals surface area contributed by atoms with E-state index in [1.54, 1.807) is 12.1 Å². The second-order valence-electron chi connectivity index (χ2n) is 4.44. The van der Waals surface area contributed by atoms with E-state index >= 15 is 0 Å². The highest BCUT2D eigenvalue weighted by molar-refractivity contribution is 6.30. The summed E-state index contributed by atoms with van der Waals surface area (Å²) in [6, 6.07) is 12.3. The molecular formula is C15H15ClFN3. The van der Waals surface area contributed by atoms with E-state index in [1.807, 2.05) is 31.2 Å². The predicted molar refractivity (Wildman–Crippen MR) is 81.5 cm³/mol. The molecule has 0 atom stereocenters. The predicted octanol–water partition coefficient (Wildman–Crippen LogP) is 3.71. The number of aliphatic imine (C=N–C) groups is 1. The van der Waals surface area contributed by atoms with Crippen molar-refractivity contribution in [3.05, 3.63) is 64.4 Å². The van der Waals surface area contributed by atoms with Crippen LogP contribution in [0, 0.1) is 12.7 Å². The van der Waals surface area contributed by atoms with Crippen LogP contribution in [-0.4, -0.2) is 5.96 Å². The molecule has 0 saturated carbocycles. The number of rotatable bonds is 3. The van der Waals surface area contributed by atoms with Crippen molar-refractivity contribution < 1.29 is 4.39 Å². The van der Waals surface area contributed by atoms with Crippen molar-refractivity contribution in [1.82, 2.24) is 0 Å². The number of nitrogens with zero attached hydrogens (tertiary/aromatic N) is 1. The summed E-state index contributed by atoms with van der Waals surface area (Å²) < 4.78 is 13.0. The van der Waals surface area contributed by atoms with E-state index in [2.05, 4.69) is 10.3 Å². The molecular weight excluding hydrogens is 277 g/mol. The fourth-order valence-electron chi connectivity index (χ4n) is 1.64. The summed E-state index contributed by atoms with van der Waals surface area (Å²) in [6.07, 6.45) is 0. The highest BCUT2D eigenvalue weighted by atomic mass is 35.5. The first-order chi connectivity index (χ1) is 9.54. The molecule has 3 N–H and O–H groups in total. The van der Waals surface area contributed by atoms with E-state index in [4.69, 9.17) is 17.3 Å². The molecule has 2 aromatic carbocycles. The molecule has 0 aromatic heterocycles. The average Bonchev–Trinajstić information content (AvgIpc) is 2.43. The van der Waals surface area contributed by atoms with Gasteiger partial charge in [-0.3, -0.25) is 0 Å². The lowest BCUT2D eigenvalue weighted by Gasteiger charge is -2.06. The first-order valence-electron chi connectivity index (χ1n) is 6.12. The van der Waals surface area contributed by atoms with Gasteiger partial charge in [0.25, 0.3) is 0 Å². The lowest BCUT2D eigenvalue weighted by molar-refractivity contribution is 0.627. The topological polar surface area (TPSA) is 50.4 Å². The van der Waals surface area contributed by atoms with Crippen LogP contribution in [0.4, 0.5) is 10.1 Å². The molecule has 0 saturated heterocycles. The number of nitrogens with two attached hydrogens (primary N) is 1. The molecule has 0 aliphatic heterocycles. The second kappa shape index (κ2) is 6.39. The molecule has 104 valence electrons. The monoisotopic (exact) mass is 291 g/mol. The van der Waals surface area contributed by atoms with E-state index in [0.29, 0.717) is 12.5 Å². The summed E-state index contributed by atoms with van der Waals surface area (Å²) in [6.45, 7) is 2.35. The van der Waals surface area contributed by atoms with Gasteiger partial charge in [0.1, 0.15) is 5.82 Å². The second-order valence-corrected chi connectivity index (χ2v) is 4.85. The Hall–Kier alpha value is -2.07. The lowest BCUT2D eigenvalue weighted by Crippen LogP contribution is -2.22. The van der Waals surface area contributed by atoms with Crippen molar-refractivity contribution in [1.29, 1.82) is 0 Å². The van der Waals surface area contributed by atoms with Crippen molar-refractivity contribution in [3.63, 3.8) is 0 Å². The van der Waals surface area contributed by atoms with Crippen molar-refractivity contribution in [2.24, 2.45) is 10.7 Å². The van der Waals surface area contributed by atoms with Crippen LogP contribution in [0.5, 0.6) is 0 Å². The third kappa shape index (κ3) is 3.96. The average molecular weight is 292 g/mol. The highest BCUT2D eigenvalue weighted by Gasteiger charge is 2.01.